The summed E-state index contributed by atoms with van der Waals surface area (Å²) in [5.41, 5.74) is 2.32. The Hall–Kier alpha value is -2.69. The predicted molar refractivity (Wildman–Crippen MR) is 74.7 cm³/mol. The molecule has 0 atom stereocenters. The fourth-order valence-electron chi connectivity index (χ4n) is 1.81. The average molecular weight is 270 g/mol. The highest BCUT2D eigenvalue weighted by molar-refractivity contribution is 5.94. The van der Waals surface area contributed by atoms with E-state index in [0.717, 1.165) is 11.1 Å². The molecule has 1 aromatic carbocycles. The van der Waals surface area contributed by atoms with Crippen molar-refractivity contribution in [3.05, 3.63) is 59.4 Å². The van der Waals surface area contributed by atoms with E-state index >= 15 is 0 Å². The Morgan fingerprint density at radius 3 is 2.70 bits per heavy atom. The van der Waals surface area contributed by atoms with E-state index in [1.165, 1.54) is 12.3 Å². The van der Waals surface area contributed by atoms with Gasteiger partial charge >= 0.3 is 5.97 Å². The molecule has 2 aromatic rings. The normalized spacial score (nSPS) is 10.1. The summed E-state index contributed by atoms with van der Waals surface area (Å²) in [5.74, 6) is -1.32. The van der Waals surface area contributed by atoms with Crippen LogP contribution in [0.4, 0.5) is 5.69 Å². The van der Waals surface area contributed by atoms with Crippen molar-refractivity contribution in [2.45, 2.75) is 13.3 Å². The summed E-state index contributed by atoms with van der Waals surface area (Å²) in [7, 11) is 0. The van der Waals surface area contributed by atoms with E-state index in [4.69, 9.17) is 5.11 Å². The highest BCUT2D eigenvalue weighted by Crippen LogP contribution is 2.11. The van der Waals surface area contributed by atoms with E-state index in [-0.39, 0.29) is 18.0 Å². The Balaban J connectivity index is 2.07. The van der Waals surface area contributed by atoms with Crippen LogP contribution < -0.4 is 5.32 Å². The molecule has 0 aliphatic rings. The Morgan fingerprint density at radius 2 is 2.00 bits per heavy atom. The van der Waals surface area contributed by atoms with Gasteiger partial charge in [0.2, 0.25) is 5.91 Å². The predicted octanol–water partition coefficient (Wildman–Crippen LogP) is 2.27. The summed E-state index contributed by atoms with van der Waals surface area (Å²) in [6.45, 7) is 1.94. The molecule has 5 nitrogen and oxygen atoms in total. The van der Waals surface area contributed by atoms with Gasteiger partial charge in [-0.2, -0.15) is 0 Å². The molecule has 0 fully saturated rings. The molecule has 5 heteroatoms. The number of hydrogen-bond acceptors (Lipinski definition) is 3. The minimum atomic E-state index is -1.12. The number of carboxylic acid groups (broad SMARTS) is 1. The van der Waals surface area contributed by atoms with Crippen LogP contribution in [0.1, 0.15) is 21.6 Å². The van der Waals surface area contributed by atoms with Crippen molar-refractivity contribution in [2.75, 3.05) is 5.32 Å². The van der Waals surface area contributed by atoms with Crippen molar-refractivity contribution in [2.24, 2.45) is 0 Å². The smallest absolute Gasteiger partial charge is 0.354 e. The van der Waals surface area contributed by atoms with E-state index in [2.05, 4.69) is 10.3 Å². The molecule has 1 heterocycles. The van der Waals surface area contributed by atoms with Crippen LogP contribution in [-0.4, -0.2) is 22.0 Å². The number of benzene rings is 1. The maximum atomic E-state index is 11.9. The molecular weight excluding hydrogens is 256 g/mol. The fourth-order valence-corrected chi connectivity index (χ4v) is 1.81. The van der Waals surface area contributed by atoms with Crippen LogP contribution in [0.25, 0.3) is 0 Å². The van der Waals surface area contributed by atoms with Crippen molar-refractivity contribution in [1.29, 1.82) is 0 Å². The van der Waals surface area contributed by atoms with Gasteiger partial charge in [-0.05, 0) is 30.2 Å². The molecule has 0 spiro atoms. The largest absolute Gasteiger partial charge is 0.477 e. The third-order valence-corrected chi connectivity index (χ3v) is 2.88. The first-order valence-corrected chi connectivity index (χ1v) is 6.10. The molecule has 1 amide bonds. The van der Waals surface area contributed by atoms with Crippen molar-refractivity contribution in [3.63, 3.8) is 0 Å². The Morgan fingerprint density at radius 1 is 1.25 bits per heavy atom. The number of carbonyl (C=O) groups is 2. The van der Waals surface area contributed by atoms with E-state index in [1.807, 2.05) is 31.2 Å². The first kappa shape index (κ1) is 13.7. The molecule has 20 heavy (non-hydrogen) atoms. The summed E-state index contributed by atoms with van der Waals surface area (Å²) in [6, 6.07) is 10.5. The van der Waals surface area contributed by atoms with Gasteiger partial charge in [-0.3, -0.25) is 4.79 Å². The third kappa shape index (κ3) is 3.41. The van der Waals surface area contributed by atoms with Crippen molar-refractivity contribution in [3.8, 4) is 0 Å². The number of aromatic carboxylic acids is 1. The zero-order chi connectivity index (χ0) is 14.5. The van der Waals surface area contributed by atoms with Gasteiger partial charge in [-0.25, -0.2) is 9.78 Å². The van der Waals surface area contributed by atoms with Gasteiger partial charge in [0.05, 0.1) is 6.42 Å². The summed E-state index contributed by atoms with van der Waals surface area (Å²) in [4.78, 5) is 26.4. The van der Waals surface area contributed by atoms with Crippen LogP contribution >= 0.6 is 0 Å². The SMILES string of the molecule is Cc1ccccc1CC(=O)Nc1ccnc(C(=O)O)c1. The topological polar surface area (TPSA) is 79.3 Å². The number of hydrogen-bond donors (Lipinski definition) is 2. The Bertz CT molecular complexity index is 653. The van der Waals surface area contributed by atoms with Crippen LogP contribution in [0.3, 0.4) is 0 Å². The van der Waals surface area contributed by atoms with Gasteiger partial charge in [0.1, 0.15) is 5.69 Å². The van der Waals surface area contributed by atoms with Crippen molar-refractivity contribution in [1.82, 2.24) is 4.98 Å². The molecule has 2 N–H and O–H groups in total. The second-order valence-corrected chi connectivity index (χ2v) is 4.39. The fraction of sp³-hybridized carbons (Fsp3) is 0.133. The van der Waals surface area contributed by atoms with Gasteiger partial charge in [0.15, 0.2) is 0 Å². The second kappa shape index (κ2) is 5.97. The average Bonchev–Trinajstić information content (AvgIpc) is 2.41. The molecule has 1 aromatic heterocycles. The Kier molecular flexibility index (Phi) is 4.10. The number of rotatable bonds is 4. The van der Waals surface area contributed by atoms with E-state index in [0.29, 0.717) is 5.69 Å². The molecule has 2 rings (SSSR count). The van der Waals surface area contributed by atoms with Gasteiger partial charge in [0.25, 0.3) is 0 Å². The molecule has 0 aliphatic heterocycles. The molecule has 102 valence electrons. The first-order chi connectivity index (χ1) is 9.56. The number of pyridine rings is 1. The van der Waals surface area contributed by atoms with Gasteiger partial charge in [-0.1, -0.05) is 24.3 Å². The molecule has 0 unspecified atom stereocenters. The highest BCUT2D eigenvalue weighted by atomic mass is 16.4. The molecule has 0 bridgehead atoms. The summed E-state index contributed by atoms with van der Waals surface area (Å²) >= 11 is 0. The summed E-state index contributed by atoms with van der Waals surface area (Å²) in [6.07, 6.45) is 1.60. The maximum absolute atomic E-state index is 11.9. The van der Waals surface area contributed by atoms with Crippen molar-refractivity contribution < 1.29 is 14.7 Å². The maximum Gasteiger partial charge on any atom is 0.354 e. The number of carbonyl (C=O) groups excluding carboxylic acids is 1. The monoisotopic (exact) mass is 270 g/mol. The lowest BCUT2D eigenvalue weighted by Crippen LogP contribution is -2.15. The zero-order valence-corrected chi connectivity index (χ0v) is 11.0. The Labute approximate surface area is 116 Å². The van der Waals surface area contributed by atoms with Crippen LogP contribution in [0.2, 0.25) is 0 Å². The van der Waals surface area contributed by atoms with Crippen LogP contribution in [0.5, 0.6) is 0 Å². The van der Waals surface area contributed by atoms with Crippen LogP contribution in [0, 0.1) is 6.92 Å². The summed E-state index contributed by atoms with van der Waals surface area (Å²) < 4.78 is 0. The minimum Gasteiger partial charge on any atom is -0.477 e. The number of aromatic nitrogens is 1. The number of anilines is 1. The lowest BCUT2D eigenvalue weighted by atomic mass is 10.1. The molecule has 0 saturated carbocycles. The van der Waals surface area contributed by atoms with Crippen LogP contribution in [0.15, 0.2) is 42.6 Å². The van der Waals surface area contributed by atoms with Crippen molar-refractivity contribution >= 4 is 17.6 Å². The van der Waals surface area contributed by atoms with E-state index in [1.54, 1.807) is 6.07 Å². The number of nitrogens with zero attached hydrogens (tertiary/aromatic N) is 1. The number of amides is 1. The number of aryl methyl sites for hydroxylation is 1. The van der Waals surface area contributed by atoms with Gasteiger partial charge < -0.3 is 10.4 Å². The zero-order valence-electron chi connectivity index (χ0n) is 11.0. The van der Waals surface area contributed by atoms with E-state index < -0.39 is 5.97 Å². The summed E-state index contributed by atoms with van der Waals surface area (Å²) in [5, 5.41) is 11.5. The second-order valence-electron chi connectivity index (χ2n) is 4.39. The standard InChI is InChI=1S/C15H14N2O3/c1-10-4-2-3-5-11(10)8-14(18)17-12-6-7-16-13(9-12)15(19)20/h2-7,9H,8H2,1H3,(H,19,20)(H,16,17,18). The minimum absolute atomic E-state index is 0.0984. The number of carboxylic acids is 1. The van der Waals surface area contributed by atoms with Gasteiger partial charge in [0, 0.05) is 11.9 Å². The van der Waals surface area contributed by atoms with E-state index in [9.17, 15) is 9.59 Å². The molecular formula is C15H14N2O3. The highest BCUT2D eigenvalue weighted by Gasteiger charge is 2.09. The lowest BCUT2D eigenvalue weighted by molar-refractivity contribution is -0.115. The van der Waals surface area contributed by atoms with Crippen LogP contribution in [-0.2, 0) is 11.2 Å². The van der Waals surface area contributed by atoms with Gasteiger partial charge in [-0.15, -0.1) is 0 Å². The molecule has 0 radical (unpaired) electrons. The number of nitrogens with one attached hydrogen (secondary N) is 1. The first-order valence-electron chi connectivity index (χ1n) is 6.10. The lowest BCUT2D eigenvalue weighted by Gasteiger charge is -2.07. The molecule has 0 aliphatic carbocycles. The molecule has 0 saturated heterocycles. The quantitative estimate of drug-likeness (QED) is 0.893. The third-order valence-electron chi connectivity index (χ3n) is 2.88.